The minimum Gasteiger partial charge on any atom is -0.497 e. The summed E-state index contributed by atoms with van der Waals surface area (Å²) in [5, 5.41) is 5.12. The lowest BCUT2D eigenvalue weighted by Gasteiger charge is -2.08. The molecule has 6 nitrogen and oxygen atoms in total. The highest BCUT2D eigenvalue weighted by atomic mass is 32.2. The lowest BCUT2D eigenvalue weighted by molar-refractivity contribution is -0.122. The SMILES string of the molecule is COc1cccc(NC(=O)C[C@H]2SC(=Nc3ccc(C)c(F)c3)NC2=O)c1. The van der Waals surface area contributed by atoms with Crippen LogP contribution in [0.1, 0.15) is 12.0 Å². The summed E-state index contributed by atoms with van der Waals surface area (Å²) in [6.07, 6.45) is -0.00497. The standard InChI is InChI=1S/C19H18FN3O3S/c1-11-6-7-13(9-15(11)20)22-19-23-18(25)16(27-19)10-17(24)21-12-4-3-5-14(8-12)26-2/h3-9,16H,10H2,1-2H3,(H,21,24)(H,22,23,25)/t16-/m1/s1. The number of carbonyl (C=O) groups excluding carboxylic acids is 2. The number of anilines is 1. The van der Waals surface area contributed by atoms with Crippen LogP contribution in [0.2, 0.25) is 0 Å². The Morgan fingerprint density at radius 2 is 2.15 bits per heavy atom. The summed E-state index contributed by atoms with van der Waals surface area (Å²) in [4.78, 5) is 28.6. The van der Waals surface area contributed by atoms with Crippen LogP contribution in [0.4, 0.5) is 15.8 Å². The maximum atomic E-state index is 13.6. The van der Waals surface area contributed by atoms with Gasteiger partial charge < -0.3 is 15.4 Å². The van der Waals surface area contributed by atoms with Crippen molar-refractivity contribution in [2.45, 2.75) is 18.6 Å². The Kier molecular flexibility index (Phi) is 5.75. The molecule has 1 atom stereocenters. The van der Waals surface area contributed by atoms with Gasteiger partial charge in [-0.1, -0.05) is 23.9 Å². The Bertz CT molecular complexity index is 917. The third-order valence-corrected chi connectivity index (χ3v) is 4.97. The lowest BCUT2D eigenvalue weighted by Crippen LogP contribution is -2.28. The van der Waals surface area contributed by atoms with Crippen molar-refractivity contribution >= 4 is 40.1 Å². The van der Waals surface area contributed by atoms with E-state index in [2.05, 4.69) is 15.6 Å². The number of ether oxygens (including phenoxy) is 1. The first-order chi connectivity index (χ1) is 12.9. The first kappa shape index (κ1) is 18.9. The van der Waals surface area contributed by atoms with E-state index in [-0.39, 0.29) is 24.1 Å². The fourth-order valence-corrected chi connectivity index (χ4v) is 3.43. The van der Waals surface area contributed by atoms with Crippen LogP contribution in [-0.2, 0) is 9.59 Å². The maximum absolute atomic E-state index is 13.6. The summed E-state index contributed by atoms with van der Waals surface area (Å²) < 4.78 is 18.7. The summed E-state index contributed by atoms with van der Waals surface area (Å²) in [5.41, 5.74) is 1.52. The fraction of sp³-hybridized carbons (Fsp3) is 0.211. The van der Waals surface area contributed by atoms with Crippen molar-refractivity contribution in [1.82, 2.24) is 5.32 Å². The molecule has 1 heterocycles. The van der Waals surface area contributed by atoms with E-state index in [1.807, 2.05) is 0 Å². The van der Waals surface area contributed by atoms with Crippen LogP contribution in [0.15, 0.2) is 47.5 Å². The van der Waals surface area contributed by atoms with Crippen LogP contribution in [0.5, 0.6) is 5.75 Å². The van der Waals surface area contributed by atoms with E-state index in [0.29, 0.717) is 27.9 Å². The van der Waals surface area contributed by atoms with Gasteiger partial charge in [-0.05, 0) is 36.8 Å². The van der Waals surface area contributed by atoms with Gasteiger partial charge in [-0.15, -0.1) is 0 Å². The number of rotatable bonds is 5. The van der Waals surface area contributed by atoms with Gasteiger partial charge in [0, 0.05) is 18.2 Å². The number of amides is 2. The van der Waals surface area contributed by atoms with Crippen molar-refractivity contribution in [3.8, 4) is 5.75 Å². The zero-order chi connectivity index (χ0) is 19.4. The van der Waals surface area contributed by atoms with Crippen molar-refractivity contribution in [3.05, 3.63) is 53.8 Å². The number of benzene rings is 2. The van der Waals surface area contributed by atoms with Crippen molar-refractivity contribution < 1.29 is 18.7 Å². The maximum Gasteiger partial charge on any atom is 0.240 e. The number of aliphatic imine (C=N–C) groups is 1. The number of nitrogens with zero attached hydrogens (tertiary/aromatic N) is 1. The van der Waals surface area contributed by atoms with Crippen molar-refractivity contribution in [3.63, 3.8) is 0 Å². The van der Waals surface area contributed by atoms with E-state index in [1.54, 1.807) is 50.4 Å². The monoisotopic (exact) mass is 387 g/mol. The Morgan fingerprint density at radius 3 is 2.89 bits per heavy atom. The van der Waals surface area contributed by atoms with E-state index in [0.717, 1.165) is 11.8 Å². The zero-order valence-electron chi connectivity index (χ0n) is 14.8. The topological polar surface area (TPSA) is 79.8 Å². The third kappa shape index (κ3) is 4.85. The van der Waals surface area contributed by atoms with Crippen molar-refractivity contribution in [1.29, 1.82) is 0 Å². The molecular weight excluding hydrogens is 369 g/mol. The van der Waals surface area contributed by atoms with Gasteiger partial charge in [0.2, 0.25) is 11.8 Å². The zero-order valence-corrected chi connectivity index (χ0v) is 15.6. The van der Waals surface area contributed by atoms with E-state index in [4.69, 9.17) is 4.74 Å². The molecule has 3 rings (SSSR count). The molecule has 8 heteroatoms. The average Bonchev–Trinajstić information content (AvgIpc) is 2.97. The molecule has 0 aliphatic carbocycles. The summed E-state index contributed by atoms with van der Waals surface area (Å²) in [6.45, 7) is 1.66. The van der Waals surface area contributed by atoms with E-state index >= 15 is 0 Å². The number of hydrogen-bond donors (Lipinski definition) is 2. The molecule has 27 heavy (non-hydrogen) atoms. The van der Waals surface area contributed by atoms with E-state index in [1.165, 1.54) is 6.07 Å². The largest absolute Gasteiger partial charge is 0.497 e. The molecule has 1 aliphatic rings. The molecule has 2 amide bonds. The molecule has 0 spiro atoms. The highest BCUT2D eigenvalue weighted by molar-refractivity contribution is 8.15. The predicted octanol–water partition coefficient (Wildman–Crippen LogP) is 3.39. The Labute approximate surface area is 160 Å². The van der Waals surface area contributed by atoms with Gasteiger partial charge in [0.05, 0.1) is 12.8 Å². The minimum atomic E-state index is -0.593. The quantitative estimate of drug-likeness (QED) is 0.824. The van der Waals surface area contributed by atoms with Gasteiger partial charge in [-0.25, -0.2) is 9.38 Å². The number of aryl methyl sites for hydroxylation is 1. The number of hydrogen-bond acceptors (Lipinski definition) is 5. The molecule has 2 N–H and O–H groups in total. The summed E-state index contributed by atoms with van der Waals surface area (Å²) in [7, 11) is 1.54. The predicted molar refractivity (Wildman–Crippen MR) is 104 cm³/mol. The number of halogens is 1. The van der Waals surface area contributed by atoms with Gasteiger partial charge in [0.1, 0.15) is 16.8 Å². The van der Waals surface area contributed by atoms with Crippen molar-refractivity contribution in [2.75, 3.05) is 12.4 Å². The minimum absolute atomic E-state index is 0.00497. The van der Waals surface area contributed by atoms with E-state index < -0.39 is 5.25 Å². The highest BCUT2D eigenvalue weighted by Crippen LogP contribution is 2.26. The number of thioether (sulfide) groups is 1. The average molecular weight is 387 g/mol. The lowest BCUT2D eigenvalue weighted by atomic mass is 10.2. The van der Waals surface area contributed by atoms with Crippen molar-refractivity contribution in [2.24, 2.45) is 4.99 Å². The second kappa shape index (κ2) is 8.22. The first-order valence-corrected chi connectivity index (χ1v) is 9.09. The summed E-state index contributed by atoms with van der Waals surface area (Å²) >= 11 is 1.15. The van der Waals surface area contributed by atoms with Crippen LogP contribution in [-0.4, -0.2) is 29.3 Å². The second-order valence-electron chi connectivity index (χ2n) is 5.93. The van der Waals surface area contributed by atoms with E-state index in [9.17, 15) is 14.0 Å². The van der Waals surface area contributed by atoms with Crippen LogP contribution in [0.3, 0.4) is 0 Å². The fourth-order valence-electron chi connectivity index (χ4n) is 2.44. The molecule has 1 fully saturated rings. The van der Waals surface area contributed by atoms with Gasteiger partial charge in [0.15, 0.2) is 5.17 Å². The molecular formula is C19H18FN3O3S. The number of nitrogens with one attached hydrogen (secondary N) is 2. The van der Waals surface area contributed by atoms with Crippen LogP contribution < -0.4 is 15.4 Å². The molecule has 0 bridgehead atoms. The Morgan fingerprint density at radius 1 is 1.33 bits per heavy atom. The number of amidine groups is 1. The van der Waals surface area contributed by atoms with Crippen LogP contribution in [0.25, 0.3) is 0 Å². The van der Waals surface area contributed by atoms with Gasteiger partial charge in [-0.2, -0.15) is 0 Å². The first-order valence-electron chi connectivity index (χ1n) is 8.21. The van der Waals surface area contributed by atoms with Gasteiger partial charge >= 0.3 is 0 Å². The third-order valence-electron chi connectivity index (χ3n) is 3.89. The molecule has 0 saturated carbocycles. The normalized spacial score (nSPS) is 17.7. The van der Waals surface area contributed by atoms with Gasteiger partial charge in [0.25, 0.3) is 0 Å². The molecule has 0 aromatic heterocycles. The van der Waals surface area contributed by atoms with Crippen LogP contribution >= 0.6 is 11.8 Å². The Balaban J connectivity index is 1.62. The summed E-state index contributed by atoms with van der Waals surface area (Å²) in [5.74, 6) is -0.327. The molecule has 2 aromatic carbocycles. The molecule has 0 radical (unpaired) electrons. The highest BCUT2D eigenvalue weighted by Gasteiger charge is 2.32. The molecule has 2 aromatic rings. The smallest absolute Gasteiger partial charge is 0.240 e. The van der Waals surface area contributed by atoms with Gasteiger partial charge in [-0.3, -0.25) is 9.59 Å². The molecule has 1 aliphatic heterocycles. The molecule has 140 valence electrons. The molecule has 1 saturated heterocycles. The summed E-state index contributed by atoms with van der Waals surface area (Å²) in [6, 6.07) is 11.6. The number of methoxy groups -OCH3 is 1. The van der Waals surface area contributed by atoms with Crippen LogP contribution in [0, 0.1) is 12.7 Å². The molecule has 0 unspecified atom stereocenters. The second-order valence-corrected chi connectivity index (χ2v) is 7.12. The Hall–Kier alpha value is -2.87. The number of carbonyl (C=O) groups is 2.